The smallest absolute Gasteiger partial charge is 0.340 e. The highest BCUT2D eigenvalue weighted by Gasteiger charge is 2.53. The first-order valence-corrected chi connectivity index (χ1v) is 25.0. The fraction of sp³-hybridized carbons (Fsp3) is 0.446. The largest absolute Gasteiger partial charge is 0.457 e. The van der Waals surface area contributed by atoms with Crippen LogP contribution in [0.2, 0.25) is 0 Å². The fourth-order valence-electron chi connectivity index (χ4n) is 9.32. The number of ether oxygens (including phenoxy) is 11. The Bertz CT molecular complexity index is 2500. The third-order valence-electron chi connectivity index (χ3n) is 12.8. The second-order valence-electron chi connectivity index (χ2n) is 17.2. The van der Waals surface area contributed by atoms with Crippen molar-refractivity contribution in [1.82, 2.24) is 0 Å². The first kappa shape index (κ1) is 52.7. The van der Waals surface area contributed by atoms with Gasteiger partial charge in [-0.3, -0.25) is 0 Å². The first-order valence-electron chi connectivity index (χ1n) is 25.0. The highest BCUT2D eigenvalue weighted by molar-refractivity contribution is 5.97. The SMILES string of the molecule is CCN(CC)c1ccc2c(c1)Oc1ccc(N(CCOCCOCCOCCOCCO)COCCOCCOCCOCCO)cc1C2c1ccc2c(c1)C1(OC(=O)c3ccccc31)c1ccccc1O2. The number of carbonyl (C=O) groups excluding carboxylic acids is 1. The zero-order chi connectivity index (χ0) is 50.0. The number of anilines is 2. The summed E-state index contributed by atoms with van der Waals surface area (Å²) in [6, 6.07) is 34.3. The second-order valence-corrected chi connectivity index (χ2v) is 17.2. The molecule has 0 saturated heterocycles. The van der Waals surface area contributed by atoms with Crippen molar-refractivity contribution in [3.63, 3.8) is 0 Å². The number of esters is 1. The summed E-state index contributed by atoms with van der Waals surface area (Å²) < 4.78 is 65.4. The van der Waals surface area contributed by atoms with E-state index in [4.69, 9.17) is 62.3 Å². The Morgan fingerprint density at radius 1 is 0.486 bits per heavy atom. The van der Waals surface area contributed by atoms with Crippen molar-refractivity contribution in [1.29, 1.82) is 0 Å². The van der Waals surface area contributed by atoms with Crippen molar-refractivity contribution in [3.8, 4) is 23.0 Å². The van der Waals surface area contributed by atoms with Gasteiger partial charge >= 0.3 is 5.97 Å². The molecule has 2 unspecified atom stereocenters. The van der Waals surface area contributed by atoms with E-state index in [0.717, 1.165) is 69.3 Å². The molecule has 3 heterocycles. The Kier molecular flexibility index (Phi) is 19.7. The summed E-state index contributed by atoms with van der Waals surface area (Å²) in [5.74, 6) is 2.07. The second kappa shape index (κ2) is 26.9. The van der Waals surface area contributed by atoms with E-state index < -0.39 is 5.60 Å². The molecule has 16 heteroatoms. The summed E-state index contributed by atoms with van der Waals surface area (Å²) in [4.78, 5) is 18.2. The molecule has 2 N–H and O–H groups in total. The molecule has 3 aliphatic heterocycles. The molecule has 0 aliphatic carbocycles. The zero-order valence-electron chi connectivity index (χ0n) is 41.4. The van der Waals surface area contributed by atoms with E-state index in [2.05, 4.69) is 66.1 Å². The standard InChI is InChI=1S/C56H68N2O14/c1-3-57(4-2)43-14-16-45-53(39-43)70-50-18-15-42(58(40-69-36-35-68-34-33-67-30-27-64-24-21-60)19-22-62-25-28-65-31-32-66-29-26-63-23-20-59)38-46(50)54(45)41-13-17-52-49(37-41)56(48-11-7-8-12-51(48)71-52)47-10-6-5-9-44(47)55(61)72-56/h5-18,37-39,54,59-60H,3-4,19-36,40H2,1-2H3. The number of para-hydroxylation sites is 1. The number of nitrogens with zero attached hydrogens (tertiary/aromatic N) is 2. The van der Waals surface area contributed by atoms with E-state index in [-0.39, 0.29) is 38.4 Å². The lowest BCUT2D eigenvalue weighted by Crippen LogP contribution is -2.33. The number of fused-ring (bicyclic) bond motifs is 8. The number of hydrogen-bond donors (Lipinski definition) is 2. The minimum Gasteiger partial charge on any atom is -0.457 e. The lowest BCUT2D eigenvalue weighted by Gasteiger charge is -2.37. The molecule has 0 radical (unpaired) electrons. The lowest BCUT2D eigenvalue weighted by atomic mass is 9.75. The summed E-state index contributed by atoms with van der Waals surface area (Å²) in [6.07, 6.45) is 0. The summed E-state index contributed by atoms with van der Waals surface area (Å²) in [7, 11) is 0. The van der Waals surface area contributed by atoms with Gasteiger partial charge in [0.25, 0.3) is 0 Å². The van der Waals surface area contributed by atoms with E-state index in [0.29, 0.717) is 116 Å². The topological polar surface area (TPSA) is 166 Å². The molecule has 2 atom stereocenters. The van der Waals surface area contributed by atoms with E-state index in [9.17, 15) is 4.79 Å². The molecule has 0 aromatic heterocycles. The molecular formula is C56H68N2O14. The summed E-state index contributed by atoms with van der Waals surface area (Å²) in [5, 5.41) is 17.7. The predicted molar refractivity (Wildman–Crippen MR) is 270 cm³/mol. The number of carbonyl (C=O) groups is 1. The maximum Gasteiger partial charge on any atom is 0.340 e. The molecule has 1 spiro atoms. The average molecular weight is 993 g/mol. The van der Waals surface area contributed by atoms with Crippen molar-refractivity contribution in [2.24, 2.45) is 0 Å². The molecule has 0 amide bonds. The van der Waals surface area contributed by atoms with Crippen LogP contribution in [0, 0.1) is 0 Å². The van der Waals surface area contributed by atoms with Gasteiger partial charge in [0.15, 0.2) is 5.60 Å². The van der Waals surface area contributed by atoms with Crippen LogP contribution in [0.5, 0.6) is 23.0 Å². The average Bonchev–Trinajstić information content (AvgIpc) is 3.70. The van der Waals surface area contributed by atoms with Gasteiger partial charge in [-0.25, -0.2) is 4.79 Å². The fourth-order valence-corrected chi connectivity index (χ4v) is 9.32. The number of hydrogen-bond acceptors (Lipinski definition) is 16. The van der Waals surface area contributed by atoms with Gasteiger partial charge in [0, 0.05) is 70.8 Å². The minimum atomic E-state index is -1.23. The quantitative estimate of drug-likeness (QED) is 0.0246. The molecule has 5 aromatic carbocycles. The van der Waals surface area contributed by atoms with Crippen molar-refractivity contribution in [2.45, 2.75) is 25.4 Å². The molecule has 72 heavy (non-hydrogen) atoms. The number of rotatable bonds is 32. The molecular weight excluding hydrogens is 925 g/mol. The van der Waals surface area contributed by atoms with Crippen molar-refractivity contribution in [3.05, 3.63) is 142 Å². The van der Waals surface area contributed by atoms with Gasteiger partial charge in [0.1, 0.15) is 29.7 Å². The zero-order valence-corrected chi connectivity index (χ0v) is 41.4. The molecule has 0 fully saturated rings. The van der Waals surface area contributed by atoms with Crippen LogP contribution >= 0.6 is 0 Å². The van der Waals surface area contributed by atoms with Crippen molar-refractivity contribution >= 4 is 17.3 Å². The van der Waals surface area contributed by atoms with E-state index in [1.54, 1.807) is 0 Å². The highest BCUT2D eigenvalue weighted by Crippen LogP contribution is 2.57. The molecule has 8 rings (SSSR count). The van der Waals surface area contributed by atoms with Crippen LogP contribution in [0.3, 0.4) is 0 Å². The monoisotopic (exact) mass is 992 g/mol. The third kappa shape index (κ3) is 12.6. The maximum absolute atomic E-state index is 13.8. The Balaban J connectivity index is 1.05. The summed E-state index contributed by atoms with van der Waals surface area (Å²) in [6.45, 7) is 12.7. The van der Waals surface area contributed by atoms with Crippen LogP contribution in [-0.2, 0) is 48.2 Å². The van der Waals surface area contributed by atoms with Crippen LogP contribution in [0.15, 0.2) is 103 Å². The third-order valence-corrected chi connectivity index (χ3v) is 12.8. The Hall–Kier alpha value is -5.63. The number of benzene rings is 5. The van der Waals surface area contributed by atoms with Crippen molar-refractivity contribution in [2.75, 3.05) is 148 Å². The van der Waals surface area contributed by atoms with Gasteiger partial charge in [-0.1, -0.05) is 48.5 Å². The normalized spacial score (nSPS) is 16.0. The summed E-state index contributed by atoms with van der Waals surface area (Å²) >= 11 is 0. The molecule has 0 saturated carbocycles. The van der Waals surface area contributed by atoms with Crippen LogP contribution in [0.1, 0.15) is 63.5 Å². The minimum absolute atomic E-state index is 0.0117. The van der Waals surface area contributed by atoms with E-state index >= 15 is 0 Å². The van der Waals surface area contributed by atoms with E-state index in [1.807, 2.05) is 60.7 Å². The van der Waals surface area contributed by atoms with Crippen LogP contribution in [0.25, 0.3) is 0 Å². The van der Waals surface area contributed by atoms with Crippen LogP contribution in [0.4, 0.5) is 11.4 Å². The Morgan fingerprint density at radius 3 is 1.67 bits per heavy atom. The van der Waals surface area contributed by atoms with Gasteiger partial charge in [0.2, 0.25) is 0 Å². The Morgan fingerprint density at radius 2 is 1.01 bits per heavy atom. The van der Waals surface area contributed by atoms with Crippen molar-refractivity contribution < 1.29 is 67.1 Å². The number of aliphatic hydroxyl groups excluding tert-OH is 2. The van der Waals surface area contributed by atoms with Gasteiger partial charge in [-0.15, -0.1) is 0 Å². The summed E-state index contributed by atoms with van der Waals surface area (Å²) in [5.41, 5.74) is 6.50. The molecule has 16 nitrogen and oxygen atoms in total. The van der Waals surface area contributed by atoms with Crippen LogP contribution < -0.4 is 19.3 Å². The lowest BCUT2D eigenvalue weighted by molar-refractivity contribution is -0.00777. The predicted octanol–water partition coefficient (Wildman–Crippen LogP) is 7.27. The van der Waals surface area contributed by atoms with Gasteiger partial charge in [-0.05, 0) is 67.9 Å². The maximum atomic E-state index is 13.8. The van der Waals surface area contributed by atoms with Gasteiger partial charge in [-0.2, -0.15) is 0 Å². The molecule has 3 aliphatic rings. The first-order chi connectivity index (χ1) is 35.5. The van der Waals surface area contributed by atoms with Gasteiger partial charge in [0.05, 0.1) is 118 Å². The highest BCUT2D eigenvalue weighted by atomic mass is 16.6. The molecule has 386 valence electrons. The molecule has 0 bridgehead atoms. The van der Waals surface area contributed by atoms with E-state index in [1.165, 1.54) is 0 Å². The van der Waals surface area contributed by atoms with Gasteiger partial charge < -0.3 is 72.1 Å². The number of aliphatic hydroxyl groups is 2. The van der Waals surface area contributed by atoms with Crippen LogP contribution in [-0.4, -0.2) is 155 Å². The molecule has 5 aromatic rings. The Labute approximate surface area is 422 Å².